The number of para-hydroxylation sites is 4. The van der Waals surface area contributed by atoms with E-state index in [0.717, 1.165) is 67.2 Å². The molecule has 0 bridgehead atoms. The zero-order chi connectivity index (χ0) is 45.3. The van der Waals surface area contributed by atoms with Crippen LogP contribution in [0, 0.1) is 18.8 Å². The Kier molecular flexibility index (Phi) is 11.9. The van der Waals surface area contributed by atoms with E-state index in [2.05, 4.69) is 213 Å². The summed E-state index contributed by atoms with van der Waals surface area (Å²) in [5, 5.41) is 2.15. The van der Waals surface area contributed by atoms with Gasteiger partial charge < -0.3 is 23.8 Å². The summed E-state index contributed by atoms with van der Waals surface area (Å²) in [6.45, 7) is 29.2. The third kappa shape index (κ3) is 8.95. The molecule has 6 aromatic carbocycles. The van der Waals surface area contributed by atoms with Crippen molar-refractivity contribution in [2.45, 2.75) is 105 Å². The quantitative estimate of drug-likeness (QED) is 0.149. The first-order valence-corrected chi connectivity index (χ1v) is 22.4. The summed E-state index contributed by atoms with van der Waals surface area (Å²) in [5.41, 5.74) is 10.7. The third-order valence-electron chi connectivity index (χ3n) is 12.1. The summed E-state index contributed by atoms with van der Waals surface area (Å²) in [6.07, 6.45) is 1.82. The molecule has 0 N–H and O–H groups in total. The maximum absolute atomic E-state index is 6.90. The third-order valence-corrected chi connectivity index (χ3v) is 12.1. The molecule has 7 heteroatoms. The van der Waals surface area contributed by atoms with Crippen molar-refractivity contribution in [2.24, 2.45) is 0 Å². The van der Waals surface area contributed by atoms with E-state index in [-0.39, 0.29) is 42.7 Å². The average molecular weight is 1040 g/mol. The number of rotatable bonds is 7. The number of benzene rings is 6. The molecule has 2 aromatic heterocycles. The van der Waals surface area contributed by atoms with Gasteiger partial charge in [-0.25, -0.2) is 4.98 Å². The fraction of sp³-hybridized carbons (Fsp3) is 0.276. The zero-order valence-corrected chi connectivity index (χ0v) is 42.0. The van der Waals surface area contributed by atoms with E-state index in [1.807, 2.05) is 36.5 Å². The van der Waals surface area contributed by atoms with E-state index in [9.17, 15) is 0 Å². The van der Waals surface area contributed by atoms with Crippen LogP contribution in [0.4, 0.5) is 22.7 Å². The van der Waals surface area contributed by atoms with Gasteiger partial charge in [-0.3, -0.25) is 0 Å². The number of ether oxygens (including phenoxy) is 2. The largest absolute Gasteiger partial charge is 0.509 e. The molecular weight excluding hydrogens is 980 g/mol. The van der Waals surface area contributed by atoms with Gasteiger partial charge in [0.25, 0.3) is 0 Å². The van der Waals surface area contributed by atoms with Gasteiger partial charge in [-0.2, -0.15) is 12.1 Å². The molecule has 6 nitrogen and oxygen atoms in total. The standard InChI is InChI=1S/C58H59N4O2.Pt/c1-55(2,3)38-31-39(56(4,5)6)33-41(32-38)61-37-60(50-25-15-16-26-51(50)61)40-19-17-20-42(34-40)63-43-27-28-46-45-21-13-14-24-49(45)62(52(46)35-43)53-36-44(29-30-59-53)64-54-47(57(7,8)9)22-18-23-48(54)58(10,11)12;/h13-33,36-37H,1-12H3;/q-3;. The van der Waals surface area contributed by atoms with Crippen LogP contribution in [0.15, 0.2) is 134 Å². The van der Waals surface area contributed by atoms with E-state index >= 15 is 0 Å². The molecule has 0 unspecified atom stereocenters. The van der Waals surface area contributed by atoms with Crippen LogP contribution in [0.5, 0.6) is 23.0 Å². The van der Waals surface area contributed by atoms with E-state index in [0.29, 0.717) is 17.2 Å². The van der Waals surface area contributed by atoms with Crippen LogP contribution in [0.3, 0.4) is 0 Å². The summed E-state index contributed by atoms with van der Waals surface area (Å²) >= 11 is 0. The average Bonchev–Trinajstić information content (AvgIpc) is 3.79. The molecule has 0 amide bonds. The van der Waals surface area contributed by atoms with E-state index in [4.69, 9.17) is 14.5 Å². The summed E-state index contributed by atoms with van der Waals surface area (Å²) in [5.74, 6) is 3.51. The molecular formula is C58H59N4O2Pt-3. The molecule has 8 aromatic rings. The van der Waals surface area contributed by atoms with Crippen LogP contribution in [0.25, 0.3) is 27.6 Å². The Bertz CT molecular complexity index is 2980. The van der Waals surface area contributed by atoms with Crippen molar-refractivity contribution in [1.29, 1.82) is 0 Å². The topological polar surface area (TPSA) is 42.8 Å². The maximum Gasteiger partial charge on any atom is 0.139 e. The fourth-order valence-corrected chi connectivity index (χ4v) is 8.58. The first-order valence-electron chi connectivity index (χ1n) is 22.4. The molecule has 65 heavy (non-hydrogen) atoms. The van der Waals surface area contributed by atoms with Crippen LogP contribution in [0.1, 0.15) is 105 Å². The van der Waals surface area contributed by atoms with Gasteiger partial charge in [0.05, 0.1) is 0 Å². The Labute approximate surface area is 400 Å². The number of hydrogen-bond donors (Lipinski definition) is 0. The van der Waals surface area contributed by atoms with Gasteiger partial charge in [0.1, 0.15) is 17.3 Å². The van der Waals surface area contributed by atoms with Crippen molar-refractivity contribution in [3.8, 4) is 28.8 Å². The molecule has 3 heterocycles. The molecule has 0 spiro atoms. The predicted molar refractivity (Wildman–Crippen MR) is 266 cm³/mol. The van der Waals surface area contributed by atoms with Gasteiger partial charge in [-0.15, -0.1) is 48.1 Å². The van der Waals surface area contributed by atoms with Gasteiger partial charge in [0, 0.05) is 78.5 Å². The second kappa shape index (κ2) is 16.9. The maximum atomic E-state index is 6.90. The molecule has 336 valence electrons. The molecule has 0 radical (unpaired) electrons. The molecule has 0 saturated carbocycles. The summed E-state index contributed by atoms with van der Waals surface area (Å²) in [7, 11) is 0. The predicted octanol–water partition coefficient (Wildman–Crippen LogP) is 16.0. The number of hydrogen-bond acceptors (Lipinski definition) is 5. The summed E-state index contributed by atoms with van der Waals surface area (Å²) in [6, 6.07) is 51.8. The van der Waals surface area contributed by atoms with Crippen LogP contribution >= 0.6 is 0 Å². The van der Waals surface area contributed by atoms with Crippen molar-refractivity contribution >= 4 is 44.6 Å². The minimum Gasteiger partial charge on any atom is -0.509 e. The van der Waals surface area contributed by atoms with Crippen molar-refractivity contribution < 1.29 is 30.5 Å². The number of fused-ring (bicyclic) bond motifs is 4. The molecule has 1 aliphatic rings. The first kappa shape index (κ1) is 45.7. The van der Waals surface area contributed by atoms with Gasteiger partial charge >= 0.3 is 0 Å². The molecule has 0 saturated heterocycles. The van der Waals surface area contributed by atoms with Gasteiger partial charge in [0.2, 0.25) is 0 Å². The fourth-order valence-electron chi connectivity index (χ4n) is 8.58. The van der Waals surface area contributed by atoms with E-state index in [1.165, 1.54) is 11.1 Å². The van der Waals surface area contributed by atoms with Crippen molar-refractivity contribution in [3.05, 3.63) is 175 Å². The SMILES string of the molecule is CC(C)(C)c1cc(N2[CH-]N(c3[c-]c(Oc4[c-]c5c(cc4)c4ccccc4n5-c4cc(Oc5c(C(C)(C)C)cccc5C(C)(C)C)ccn4)ccc3)c3ccccc32)cc(C(C)(C)C)c1.[Pt]. The molecule has 1 aliphatic heterocycles. The summed E-state index contributed by atoms with van der Waals surface area (Å²) in [4.78, 5) is 9.41. The van der Waals surface area contributed by atoms with Crippen LogP contribution < -0.4 is 19.3 Å². The van der Waals surface area contributed by atoms with Crippen molar-refractivity contribution in [2.75, 3.05) is 9.80 Å². The molecule has 9 rings (SSSR count). The van der Waals surface area contributed by atoms with Crippen LogP contribution in [-0.2, 0) is 42.7 Å². The number of aromatic nitrogens is 2. The Morgan fingerprint density at radius 1 is 0.523 bits per heavy atom. The molecule has 0 fully saturated rings. The summed E-state index contributed by atoms with van der Waals surface area (Å²) < 4.78 is 15.7. The van der Waals surface area contributed by atoms with E-state index < -0.39 is 0 Å². The molecule has 0 aliphatic carbocycles. The van der Waals surface area contributed by atoms with Crippen molar-refractivity contribution in [1.82, 2.24) is 9.55 Å². The Morgan fingerprint density at radius 2 is 1.12 bits per heavy atom. The normalized spacial score (nSPS) is 13.3. The van der Waals surface area contributed by atoms with Crippen molar-refractivity contribution in [3.63, 3.8) is 0 Å². The van der Waals surface area contributed by atoms with Crippen LogP contribution in [-0.4, -0.2) is 9.55 Å². The van der Waals surface area contributed by atoms with Crippen LogP contribution in [0.2, 0.25) is 0 Å². The van der Waals surface area contributed by atoms with Gasteiger partial charge in [-0.1, -0.05) is 143 Å². The minimum atomic E-state index is -0.117. The minimum absolute atomic E-state index is 0. The number of nitrogens with zero attached hydrogens (tertiary/aromatic N) is 4. The smallest absolute Gasteiger partial charge is 0.139 e. The first-order chi connectivity index (χ1) is 30.2. The Balaban J connectivity index is 0.00000576. The number of anilines is 4. The van der Waals surface area contributed by atoms with Gasteiger partial charge in [-0.05, 0) is 74.6 Å². The number of pyridine rings is 1. The zero-order valence-electron chi connectivity index (χ0n) is 39.7. The van der Waals surface area contributed by atoms with E-state index in [1.54, 1.807) is 0 Å². The van der Waals surface area contributed by atoms with Gasteiger partial charge in [0.15, 0.2) is 0 Å². The monoisotopic (exact) mass is 1040 g/mol. The second-order valence-electron chi connectivity index (χ2n) is 21.2. The Hall–Kier alpha value is -5.84. The molecule has 0 atom stereocenters. The second-order valence-corrected chi connectivity index (χ2v) is 21.2. The Morgan fingerprint density at radius 3 is 1.77 bits per heavy atom.